The van der Waals surface area contributed by atoms with Crippen molar-refractivity contribution in [3.8, 4) is 11.5 Å². The number of ether oxygens (including phenoxy) is 2. The Kier molecular flexibility index (Phi) is 4.70. The molecule has 3 rings (SSSR count). The molecule has 3 aromatic rings. The zero-order chi connectivity index (χ0) is 18.7. The van der Waals surface area contributed by atoms with Gasteiger partial charge in [0.25, 0.3) is 11.5 Å². The van der Waals surface area contributed by atoms with E-state index in [1.807, 2.05) is 0 Å². The van der Waals surface area contributed by atoms with E-state index in [-0.39, 0.29) is 23.1 Å². The summed E-state index contributed by atoms with van der Waals surface area (Å²) in [5.74, 6) is 0.824. The fourth-order valence-electron chi connectivity index (χ4n) is 2.47. The Morgan fingerprint density at radius 2 is 1.96 bits per heavy atom. The van der Waals surface area contributed by atoms with Crippen molar-refractivity contribution < 1.29 is 14.3 Å². The maximum absolute atomic E-state index is 12.4. The Morgan fingerprint density at radius 1 is 1.15 bits per heavy atom. The van der Waals surface area contributed by atoms with Gasteiger partial charge >= 0.3 is 5.69 Å². The number of benzene rings is 1. The molecule has 134 valence electrons. The number of hydrogen-bond donors (Lipinski definition) is 3. The van der Waals surface area contributed by atoms with Gasteiger partial charge in [0.2, 0.25) is 0 Å². The van der Waals surface area contributed by atoms with Crippen LogP contribution in [0.2, 0.25) is 0 Å². The summed E-state index contributed by atoms with van der Waals surface area (Å²) in [6.45, 7) is 0.194. The molecular formula is C17H16N4O5. The van der Waals surface area contributed by atoms with Crippen molar-refractivity contribution in [1.29, 1.82) is 0 Å². The normalized spacial score (nSPS) is 10.5. The first kappa shape index (κ1) is 17.2. The molecule has 3 N–H and O–H groups in total. The number of methoxy groups -OCH3 is 2. The fraction of sp³-hybridized carbons (Fsp3) is 0.176. The minimum absolute atomic E-state index is 0.116. The highest BCUT2D eigenvalue weighted by atomic mass is 16.5. The van der Waals surface area contributed by atoms with Crippen LogP contribution in [-0.4, -0.2) is 35.1 Å². The predicted octanol–water partition coefficient (Wildman–Crippen LogP) is 0.559. The van der Waals surface area contributed by atoms with Crippen molar-refractivity contribution in [2.24, 2.45) is 0 Å². The summed E-state index contributed by atoms with van der Waals surface area (Å²) in [4.78, 5) is 43.9. The third-order valence-electron chi connectivity index (χ3n) is 3.78. The second-order valence-electron chi connectivity index (χ2n) is 5.39. The molecule has 0 atom stereocenters. The van der Waals surface area contributed by atoms with Gasteiger partial charge in [-0.2, -0.15) is 0 Å². The number of carbonyl (C=O) groups excluding carboxylic acids is 1. The summed E-state index contributed by atoms with van der Waals surface area (Å²) in [5, 5.41) is 2.86. The van der Waals surface area contributed by atoms with E-state index < -0.39 is 17.2 Å². The molecule has 0 aliphatic heterocycles. The van der Waals surface area contributed by atoms with Gasteiger partial charge in [0, 0.05) is 18.3 Å². The number of aromatic nitrogens is 3. The van der Waals surface area contributed by atoms with Crippen LogP contribution in [0.5, 0.6) is 11.5 Å². The highest BCUT2D eigenvalue weighted by molar-refractivity contribution is 5.96. The first-order valence-electron chi connectivity index (χ1n) is 7.63. The van der Waals surface area contributed by atoms with Crippen LogP contribution >= 0.6 is 0 Å². The lowest BCUT2D eigenvalue weighted by molar-refractivity contribution is 0.0950. The monoisotopic (exact) mass is 356 g/mol. The lowest BCUT2D eigenvalue weighted by Gasteiger charge is -2.11. The van der Waals surface area contributed by atoms with Crippen molar-refractivity contribution in [2.45, 2.75) is 6.54 Å². The molecule has 1 aromatic carbocycles. The Bertz CT molecular complexity index is 1090. The number of nitrogens with zero attached hydrogens (tertiary/aromatic N) is 1. The smallest absolute Gasteiger partial charge is 0.327 e. The van der Waals surface area contributed by atoms with Gasteiger partial charge in [-0.25, -0.2) is 9.78 Å². The number of hydrogen-bond acceptors (Lipinski definition) is 6. The summed E-state index contributed by atoms with van der Waals surface area (Å²) in [6, 6.07) is 6.63. The minimum atomic E-state index is -0.655. The molecule has 9 nitrogen and oxygen atoms in total. The van der Waals surface area contributed by atoms with Gasteiger partial charge in [-0.3, -0.25) is 19.6 Å². The molecule has 9 heteroatoms. The number of H-pyrrole nitrogens is 2. The topological polar surface area (TPSA) is 126 Å². The van der Waals surface area contributed by atoms with Crippen molar-refractivity contribution in [3.05, 3.63) is 62.4 Å². The third kappa shape index (κ3) is 3.41. The average Bonchev–Trinajstić information content (AvgIpc) is 2.65. The predicted molar refractivity (Wildman–Crippen MR) is 93.7 cm³/mol. The van der Waals surface area contributed by atoms with Crippen LogP contribution in [0.4, 0.5) is 0 Å². The van der Waals surface area contributed by atoms with Crippen LogP contribution in [0, 0.1) is 0 Å². The second-order valence-corrected chi connectivity index (χ2v) is 5.39. The van der Waals surface area contributed by atoms with Crippen molar-refractivity contribution in [3.63, 3.8) is 0 Å². The van der Waals surface area contributed by atoms with E-state index in [9.17, 15) is 14.4 Å². The Labute approximate surface area is 147 Å². The molecule has 0 aliphatic rings. The summed E-state index contributed by atoms with van der Waals surface area (Å²) in [6.07, 6.45) is 1.29. The standard InChI is InChI=1S/C17H16N4O5/c1-25-11-3-4-13(26-2)9(5-11)7-19-15(22)10-6-12-14(18-8-10)20-17(24)21-16(12)23/h3-6,8H,7H2,1-2H3,(H,19,22)(H2,18,20,21,23,24). The summed E-state index contributed by atoms with van der Waals surface area (Å²) in [5.41, 5.74) is -0.226. The maximum atomic E-state index is 12.4. The zero-order valence-electron chi connectivity index (χ0n) is 14.1. The third-order valence-corrected chi connectivity index (χ3v) is 3.78. The molecule has 0 radical (unpaired) electrons. The largest absolute Gasteiger partial charge is 0.497 e. The van der Waals surface area contributed by atoms with E-state index in [4.69, 9.17) is 9.47 Å². The van der Waals surface area contributed by atoms with E-state index in [0.29, 0.717) is 11.5 Å². The number of nitrogens with one attached hydrogen (secondary N) is 3. The number of aromatic amines is 2. The van der Waals surface area contributed by atoms with Crippen molar-refractivity contribution >= 4 is 16.9 Å². The van der Waals surface area contributed by atoms with Crippen LogP contribution in [0.3, 0.4) is 0 Å². The van der Waals surface area contributed by atoms with Gasteiger partial charge < -0.3 is 14.8 Å². The van der Waals surface area contributed by atoms with Crippen LogP contribution in [0.1, 0.15) is 15.9 Å². The Morgan fingerprint density at radius 3 is 2.69 bits per heavy atom. The molecule has 2 heterocycles. The second kappa shape index (κ2) is 7.09. The van der Waals surface area contributed by atoms with E-state index in [0.717, 1.165) is 5.56 Å². The molecule has 0 bridgehead atoms. The number of pyridine rings is 1. The number of rotatable bonds is 5. The summed E-state index contributed by atoms with van der Waals surface area (Å²) in [7, 11) is 3.08. The highest BCUT2D eigenvalue weighted by Gasteiger charge is 2.12. The van der Waals surface area contributed by atoms with Crippen molar-refractivity contribution in [1.82, 2.24) is 20.3 Å². The molecule has 0 unspecified atom stereocenters. The molecule has 26 heavy (non-hydrogen) atoms. The molecule has 2 aromatic heterocycles. The Balaban J connectivity index is 1.84. The molecule has 0 saturated carbocycles. The first-order chi connectivity index (χ1) is 12.5. The molecule has 1 amide bonds. The van der Waals surface area contributed by atoms with Gasteiger partial charge in [-0.15, -0.1) is 0 Å². The SMILES string of the molecule is COc1ccc(OC)c(CNC(=O)c2cnc3[nH]c(=O)[nH]c(=O)c3c2)c1. The minimum Gasteiger partial charge on any atom is -0.497 e. The van der Waals surface area contributed by atoms with Gasteiger partial charge in [0.05, 0.1) is 25.2 Å². The van der Waals surface area contributed by atoms with E-state index in [1.54, 1.807) is 25.3 Å². The highest BCUT2D eigenvalue weighted by Crippen LogP contribution is 2.23. The number of amides is 1. The van der Waals surface area contributed by atoms with E-state index in [1.165, 1.54) is 19.4 Å². The van der Waals surface area contributed by atoms with E-state index in [2.05, 4.69) is 20.3 Å². The molecule has 0 spiro atoms. The average molecular weight is 356 g/mol. The molecule has 0 fully saturated rings. The molecule has 0 saturated heterocycles. The van der Waals surface area contributed by atoms with Crippen molar-refractivity contribution in [2.75, 3.05) is 14.2 Å². The lowest BCUT2D eigenvalue weighted by Crippen LogP contribution is -2.25. The van der Waals surface area contributed by atoms with Gasteiger partial charge in [0.1, 0.15) is 17.1 Å². The fourth-order valence-corrected chi connectivity index (χ4v) is 2.47. The number of fused-ring (bicyclic) bond motifs is 1. The van der Waals surface area contributed by atoms with Crippen LogP contribution in [-0.2, 0) is 6.54 Å². The molecule has 0 aliphatic carbocycles. The lowest BCUT2D eigenvalue weighted by atomic mass is 10.1. The zero-order valence-corrected chi connectivity index (χ0v) is 14.1. The molecular weight excluding hydrogens is 340 g/mol. The quantitative estimate of drug-likeness (QED) is 0.613. The number of carbonyl (C=O) groups is 1. The van der Waals surface area contributed by atoms with Crippen LogP contribution in [0.15, 0.2) is 40.1 Å². The van der Waals surface area contributed by atoms with Gasteiger partial charge in [0.15, 0.2) is 0 Å². The van der Waals surface area contributed by atoms with Gasteiger partial charge in [-0.1, -0.05) is 0 Å². The Hall–Kier alpha value is -3.62. The first-order valence-corrected chi connectivity index (χ1v) is 7.63. The van der Waals surface area contributed by atoms with Crippen LogP contribution < -0.4 is 26.0 Å². The van der Waals surface area contributed by atoms with E-state index >= 15 is 0 Å². The summed E-state index contributed by atoms with van der Waals surface area (Å²) < 4.78 is 10.4. The van der Waals surface area contributed by atoms with Crippen LogP contribution in [0.25, 0.3) is 11.0 Å². The van der Waals surface area contributed by atoms with Gasteiger partial charge in [-0.05, 0) is 24.3 Å². The summed E-state index contributed by atoms with van der Waals surface area (Å²) >= 11 is 0. The maximum Gasteiger partial charge on any atom is 0.327 e.